The molecule has 0 aromatic rings. The van der Waals surface area contributed by atoms with E-state index in [1.54, 1.807) is 4.74 Å². The summed E-state index contributed by atoms with van der Waals surface area (Å²) in [6.07, 6.45) is -21.2. The van der Waals surface area contributed by atoms with Crippen LogP contribution in [-0.4, -0.2) is 47.2 Å². The Kier molecular flexibility index (Phi) is 6.27. The highest BCUT2D eigenvalue weighted by Crippen LogP contribution is 2.58. The predicted molar refractivity (Wildman–Crippen MR) is 44.5 cm³/mol. The first-order valence-electron chi connectivity index (χ1n) is 4.54. The van der Waals surface area contributed by atoms with Gasteiger partial charge in [-0.25, -0.2) is 9.53 Å². The summed E-state index contributed by atoms with van der Waals surface area (Å²) < 4.78 is 161. The van der Waals surface area contributed by atoms with E-state index in [2.05, 4.69) is 0 Å². The largest absolute Gasteiger partial charge is 0.475 e. The molecule has 0 aromatic heterocycles. The van der Waals surface area contributed by atoms with E-state index < -0.39 is 42.1 Å². The molecule has 0 saturated heterocycles. The van der Waals surface area contributed by atoms with Crippen molar-refractivity contribution in [3.8, 4) is 0 Å². The van der Waals surface area contributed by atoms with E-state index >= 15 is 0 Å². The molecule has 0 fully saturated rings. The van der Waals surface area contributed by atoms with Gasteiger partial charge in [0, 0.05) is 0 Å². The maximum absolute atomic E-state index is 12.7. The van der Waals surface area contributed by atoms with Crippen molar-refractivity contribution in [2.24, 2.45) is 0 Å². The number of carbonyl (C=O) groups is 1. The Labute approximate surface area is 121 Å². The van der Waals surface area contributed by atoms with Crippen LogP contribution in [-0.2, 0) is 9.53 Å². The van der Waals surface area contributed by atoms with Crippen LogP contribution in [0.4, 0.5) is 57.1 Å². The van der Waals surface area contributed by atoms with Gasteiger partial charge in [-0.3, -0.25) is 0 Å². The first-order chi connectivity index (χ1) is 9.65. The molecule has 0 radical (unpaired) electrons. The Morgan fingerprint density at radius 3 is 1.25 bits per heavy atom. The lowest BCUT2D eigenvalue weighted by Crippen LogP contribution is -2.67. The summed E-state index contributed by atoms with van der Waals surface area (Å²) in [7, 11) is 0. The average molecular weight is 397 g/mol. The highest BCUT2D eigenvalue weighted by Gasteiger charge is 2.88. The summed E-state index contributed by atoms with van der Waals surface area (Å²) in [5.41, 5.74) is 0. The summed E-state index contributed by atoms with van der Waals surface area (Å²) in [5.74, 6) is -27.4. The van der Waals surface area contributed by atoms with E-state index in [0.29, 0.717) is 0 Å². The van der Waals surface area contributed by atoms with Gasteiger partial charge >= 0.3 is 42.1 Å². The van der Waals surface area contributed by atoms with Crippen molar-refractivity contribution < 1.29 is 71.7 Å². The van der Waals surface area contributed by atoms with Gasteiger partial charge in [-0.1, -0.05) is 0 Å². The molecule has 0 unspecified atom stereocenters. The van der Waals surface area contributed by atoms with Crippen molar-refractivity contribution in [2.45, 2.75) is 36.2 Å². The van der Waals surface area contributed by atoms with Gasteiger partial charge in [-0.05, 0) is 0 Å². The van der Waals surface area contributed by atoms with Gasteiger partial charge < -0.3 is 11.3 Å². The van der Waals surface area contributed by atoms with E-state index in [0.717, 1.165) is 0 Å². The number of aliphatic carboxylic acids is 1. The van der Waals surface area contributed by atoms with Gasteiger partial charge in [-0.2, -0.15) is 57.1 Å². The number of hydrogen-bond acceptors (Lipinski definition) is 3. The Balaban J connectivity index is 0. The molecule has 146 valence electrons. The number of carboxylic acid groups (broad SMARTS) is 1. The minimum atomic E-state index is -7.98. The molecule has 17 heteroatoms. The number of rotatable bonds is 6. The molecular weight excluding hydrogens is 393 g/mol. The quantitative estimate of drug-likeness (QED) is 0.667. The summed E-state index contributed by atoms with van der Waals surface area (Å²) >= 11 is 0. The molecule has 0 atom stereocenters. The zero-order valence-corrected chi connectivity index (χ0v) is 10.4. The van der Waals surface area contributed by atoms with E-state index in [1.807, 2.05) is 0 Å². The van der Waals surface area contributed by atoms with Gasteiger partial charge in [0.25, 0.3) is 0 Å². The molecule has 0 spiro atoms. The van der Waals surface area contributed by atoms with E-state index in [1.165, 1.54) is 0 Å². The molecule has 24 heavy (non-hydrogen) atoms. The smallest absolute Gasteiger partial charge is 0.460 e. The number of carboxylic acids is 1. The van der Waals surface area contributed by atoms with Crippen molar-refractivity contribution >= 4 is 5.97 Å². The summed E-state index contributed by atoms with van der Waals surface area (Å²) in [5, 5.41) is 7.59. The molecule has 0 amide bonds. The molecule has 0 heterocycles. The zero-order valence-electron chi connectivity index (χ0n) is 10.4. The van der Waals surface area contributed by atoms with Crippen molar-refractivity contribution in [1.29, 1.82) is 0 Å². The molecule has 0 aliphatic rings. The molecule has 0 rings (SSSR count). The Hall–Kier alpha value is -1.52. The summed E-state index contributed by atoms with van der Waals surface area (Å²) in [6.45, 7) is 0. The van der Waals surface area contributed by atoms with Crippen LogP contribution in [0.5, 0.6) is 0 Å². The number of alkyl halides is 13. The van der Waals surface area contributed by atoms with Crippen LogP contribution in [0.25, 0.3) is 0 Å². The van der Waals surface area contributed by atoms with Crippen LogP contribution in [0.2, 0.25) is 0 Å². The molecule has 0 aliphatic carbocycles. The maximum Gasteiger partial charge on any atom is 0.460 e. The van der Waals surface area contributed by atoms with Crippen molar-refractivity contribution in [3.63, 3.8) is 0 Å². The molecule has 0 saturated carbocycles. The van der Waals surface area contributed by atoms with Crippen molar-refractivity contribution in [2.75, 3.05) is 0 Å². The molecule has 0 aliphatic heterocycles. The molecular formula is C7H4F13NO3. The molecule has 4 N–H and O–H groups in total. The highest BCUT2D eigenvalue weighted by atomic mass is 19.4. The topological polar surface area (TPSA) is 81.5 Å². The lowest BCUT2D eigenvalue weighted by Gasteiger charge is -2.37. The summed E-state index contributed by atoms with van der Waals surface area (Å²) in [4.78, 5) is 9.66. The molecule has 0 aromatic carbocycles. The first-order valence-corrected chi connectivity index (χ1v) is 4.54. The fraction of sp³-hybridized carbons (Fsp3) is 0.857. The van der Waals surface area contributed by atoms with Crippen molar-refractivity contribution in [3.05, 3.63) is 0 Å². The van der Waals surface area contributed by atoms with Crippen LogP contribution in [0.15, 0.2) is 0 Å². The predicted octanol–water partition coefficient (Wildman–Crippen LogP) is 3.90. The standard InChI is InChI=1S/C7HF13O3.H3N/c8-2(9,1(21)22)23-7(19,20)5(14,15)3(10,11)4(12,13)6(16,17)18;/h(H,21,22);1H3. The van der Waals surface area contributed by atoms with Gasteiger partial charge in [0.15, 0.2) is 0 Å². The second-order valence-electron chi connectivity index (χ2n) is 3.66. The van der Waals surface area contributed by atoms with E-state index in [-0.39, 0.29) is 6.15 Å². The van der Waals surface area contributed by atoms with Crippen LogP contribution in [0.3, 0.4) is 0 Å². The molecule has 0 bridgehead atoms. The van der Waals surface area contributed by atoms with Crippen molar-refractivity contribution in [1.82, 2.24) is 6.15 Å². The fourth-order valence-electron chi connectivity index (χ4n) is 0.827. The van der Waals surface area contributed by atoms with Crippen LogP contribution in [0.1, 0.15) is 0 Å². The lowest BCUT2D eigenvalue weighted by atomic mass is 10.0. The number of ether oxygens (including phenoxy) is 1. The van der Waals surface area contributed by atoms with Crippen LogP contribution >= 0.6 is 0 Å². The maximum atomic E-state index is 12.7. The SMILES string of the molecule is N.O=C(O)C(F)(F)OC(F)(F)C(F)(F)C(F)(F)C(F)(F)C(F)(F)F. The minimum absolute atomic E-state index is 0. The van der Waals surface area contributed by atoms with E-state index in [9.17, 15) is 61.9 Å². The monoisotopic (exact) mass is 397 g/mol. The Bertz CT molecular complexity index is 471. The van der Waals surface area contributed by atoms with E-state index in [4.69, 9.17) is 5.11 Å². The van der Waals surface area contributed by atoms with Gasteiger partial charge in [0.2, 0.25) is 0 Å². The third-order valence-electron chi connectivity index (χ3n) is 2.02. The van der Waals surface area contributed by atoms with Crippen LogP contribution < -0.4 is 6.15 Å². The van der Waals surface area contributed by atoms with Gasteiger partial charge in [-0.15, -0.1) is 0 Å². The average Bonchev–Trinajstić information content (AvgIpc) is 2.24. The van der Waals surface area contributed by atoms with Gasteiger partial charge in [0.1, 0.15) is 0 Å². The number of halogens is 13. The number of hydrogen-bond donors (Lipinski definition) is 2. The minimum Gasteiger partial charge on any atom is -0.475 e. The first kappa shape index (κ1) is 24.7. The zero-order chi connectivity index (χ0) is 19.3. The van der Waals surface area contributed by atoms with Gasteiger partial charge in [0.05, 0.1) is 0 Å². The third-order valence-corrected chi connectivity index (χ3v) is 2.02. The summed E-state index contributed by atoms with van der Waals surface area (Å²) in [6, 6.07) is 0. The second-order valence-corrected chi connectivity index (χ2v) is 3.66. The van der Waals surface area contributed by atoms with Crippen LogP contribution in [0, 0.1) is 0 Å². The third kappa shape index (κ3) is 3.60. The fourth-order valence-corrected chi connectivity index (χ4v) is 0.827. The molecule has 4 nitrogen and oxygen atoms in total. The Morgan fingerprint density at radius 1 is 0.667 bits per heavy atom. The normalized spacial score (nSPS) is 15.0. The second kappa shape index (κ2) is 6.08. The lowest BCUT2D eigenvalue weighted by molar-refractivity contribution is -0.482. The highest BCUT2D eigenvalue weighted by molar-refractivity contribution is 5.73. The Morgan fingerprint density at radius 2 is 1.00 bits per heavy atom.